The van der Waals surface area contributed by atoms with Crippen molar-refractivity contribution in [3.05, 3.63) is 108 Å². The average molecular weight is 797 g/mol. The van der Waals surface area contributed by atoms with Gasteiger partial charge in [-0.1, -0.05) is 153 Å². The number of carbonyl (C=O) groups is 2. The molecule has 4 nitrogen and oxygen atoms in total. The van der Waals surface area contributed by atoms with Crippen LogP contribution in [0.2, 0.25) is 36.3 Å². The second kappa shape index (κ2) is 19.9. The van der Waals surface area contributed by atoms with Crippen molar-refractivity contribution in [3.8, 4) is 0 Å². The van der Waals surface area contributed by atoms with E-state index in [4.69, 9.17) is 8.85 Å². The van der Waals surface area contributed by atoms with Crippen LogP contribution in [0.3, 0.4) is 0 Å². The van der Waals surface area contributed by atoms with Crippen LogP contribution in [-0.2, 0) is 31.3 Å². The van der Waals surface area contributed by atoms with Crippen LogP contribution in [0, 0.1) is 35.5 Å². The zero-order valence-electron chi connectivity index (χ0n) is 37.1. The van der Waals surface area contributed by atoms with Gasteiger partial charge in [-0.2, -0.15) is 0 Å². The molecular weight excluding hydrogens is 721 g/mol. The van der Waals surface area contributed by atoms with Crippen LogP contribution < -0.4 is 0 Å². The first kappa shape index (κ1) is 46.0. The van der Waals surface area contributed by atoms with Crippen LogP contribution in [0.1, 0.15) is 105 Å². The zero-order chi connectivity index (χ0) is 41.3. The van der Waals surface area contributed by atoms with Gasteiger partial charge in [0.25, 0.3) is 0 Å². The number of ketones is 2. The van der Waals surface area contributed by atoms with Crippen LogP contribution in [0.25, 0.3) is 0 Å². The molecule has 2 aromatic rings. The summed E-state index contributed by atoms with van der Waals surface area (Å²) >= 11 is 0. The van der Waals surface area contributed by atoms with Crippen LogP contribution in [0.5, 0.6) is 0 Å². The maximum atomic E-state index is 13.7. The molecule has 2 aliphatic rings. The van der Waals surface area contributed by atoms with Gasteiger partial charge in [0.2, 0.25) is 0 Å². The van der Waals surface area contributed by atoms with Crippen molar-refractivity contribution in [2.75, 3.05) is 0 Å². The predicted octanol–water partition coefficient (Wildman–Crippen LogP) is 13.2. The predicted molar refractivity (Wildman–Crippen MR) is 242 cm³/mol. The van der Waals surface area contributed by atoms with Gasteiger partial charge in [-0.05, 0) is 104 Å². The fourth-order valence-electron chi connectivity index (χ4n) is 7.90. The molecule has 0 aliphatic heterocycles. The number of allylic oxidation sites excluding steroid dienone is 4. The zero-order valence-corrected chi connectivity index (χ0v) is 39.1. The molecule has 0 heterocycles. The van der Waals surface area contributed by atoms with Crippen molar-refractivity contribution in [3.63, 3.8) is 0 Å². The van der Waals surface area contributed by atoms with Crippen LogP contribution in [0.15, 0.2) is 97.1 Å². The van der Waals surface area contributed by atoms with Gasteiger partial charge >= 0.3 is 0 Å². The van der Waals surface area contributed by atoms with E-state index in [0.29, 0.717) is 49.1 Å². The lowest BCUT2D eigenvalue weighted by Crippen LogP contribution is -2.45. The number of hydrogen-bond acceptors (Lipinski definition) is 4. The molecule has 0 bridgehead atoms. The maximum absolute atomic E-state index is 13.7. The van der Waals surface area contributed by atoms with Crippen LogP contribution in [0.4, 0.5) is 0 Å². The van der Waals surface area contributed by atoms with Crippen molar-refractivity contribution < 1.29 is 18.4 Å². The summed E-state index contributed by atoms with van der Waals surface area (Å²) in [7, 11) is -4.09. The van der Waals surface area contributed by atoms with Crippen LogP contribution >= 0.6 is 0 Å². The third-order valence-electron chi connectivity index (χ3n) is 13.7. The standard InChI is InChI=1S/C50H76O4Si2/c1-37(27-29-39-21-15-13-16-22-39)28-33-45-44(47(52)36-48(45)54-56(11,12)50(6,7)8)26-20-19-25-43-42(38(2)35-46(43)51)34-32-41(53-55(9,10)49(3,4)5)31-30-40-23-17-14-18-24-40/h13-24,28,32-34,37-38,41-45,48H,25-27,29-31,35-36H2,1-12H3/b20-19+,33-28+,34-32+/t37-,38-,41-,42+,43-,44-,45-,48-/m0/s1. The lowest BCUT2D eigenvalue weighted by atomic mass is 9.86. The molecule has 56 heavy (non-hydrogen) atoms. The quantitative estimate of drug-likeness (QED) is 0.111. The monoisotopic (exact) mass is 797 g/mol. The molecule has 2 saturated carbocycles. The minimum absolute atomic E-state index is 0.0103. The van der Waals surface area contributed by atoms with Gasteiger partial charge in [-0.15, -0.1) is 0 Å². The molecule has 8 atom stereocenters. The Morgan fingerprint density at radius 3 is 1.70 bits per heavy atom. The molecule has 0 saturated heterocycles. The number of Topliss-reactive ketones (excluding diaryl/α,β-unsaturated/α-hetero) is 2. The van der Waals surface area contributed by atoms with Gasteiger partial charge in [0.15, 0.2) is 16.6 Å². The summed E-state index contributed by atoms with van der Waals surface area (Å²) < 4.78 is 14.0. The van der Waals surface area contributed by atoms with E-state index in [2.05, 4.69) is 179 Å². The molecule has 0 radical (unpaired) electrons. The smallest absolute Gasteiger partial charge is 0.192 e. The largest absolute Gasteiger partial charge is 0.413 e. The maximum Gasteiger partial charge on any atom is 0.192 e. The number of hydrogen-bond donors (Lipinski definition) is 0. The summed E-state index contributed by atoms with van der Waals surface area (Å²) in [6.45, 7) is 27.5. The van der Waals surface area contributed by atoms with E-state index in [9.17, 15) is 9.59 Å². The van der Waals surface area contributed by atoms with E-state index in [-0.39, 0.29) is 46.0 Å². The van der Waals surface area contributed by atoms with E-state index < -0.39 is 16.6 Å². The molecule has 2 fully saturated rings. The van der Waals surface area contributed by atoms with Gasteiger partial charge < -0.3 is 8.85 Å². The van der Waals surface area contributed by atoms with E-state index in [1.807, 2.05) is 0 Å². The SMILES string of the molecule is C[C@H](/C=C/[C@@H]1[C@@H](O[Si](C)(C)C(C)(C)C)CC(=O)[C@H]1C/C=C/C[C@@H]1C(=O)C[C@H](C)[C@H]1/C=C/[C@H](CCc1ccccc1)O[Si](C)(C)C(C)(C)C)CCc1ccccc1. The summed E-state index contributed by atoms with van der Waals surface area (Å²) in [6, 6.07) is 21.3. The molecule has 0 N–H and O–H groups in total. The van der Waals surface area contributed by atoms with Crippen molar-refractivity contribution in [2.45, 2.75) is 155 Å². The minimum Gasteiger partial charge on any atom is -0.413 e. The first-order chi connectivity index (χ1) is 26.2. The molecule has 6 heteroatoms. The number of aryl methyl sites for hydroxylation is 2. The summed E-state index contributed by atoms with van der Waals surface area (Å²) in [5.74, 6) is 1.44. The molecular formula is C50H76O4Si2. The second-order valence-electron chi connectivity index (χ2n) is 20.3. The van der Waals surface area contributed by atoms with Crippen molar-refractivity contribution in [2.24, 2.45) is 35.5 Å². The third-order valence-corrected chi connectivity index (χ3v) is 22.7. The topological polar surface area (TPSA) is 52.6 Å². The summed E-state index contributed by atoms with van der Waals surface area (Å²) in [6.07, 6.45) is 20.0. The summed E-state index contributed by atoms with van der Waals surface area (Å²) in [5.41, 5.74) is 2.69. The number of carbonyl (C=O) groups excluding carboxylic acids is 2. The average Bonchev–Trinajstić information content (AvgIpc) is 3.56. The molecule has 4 rings (SSSR count). The first-order valence-electron chi connectivity index (χ1n) is 21.7. The highest BCUT2D eigenvalue weighted by Crippen LogP contribution is 2.44. The number of benzene rings is 2. The lowest BCUT2D eigenvalue weighted by Gasteiger charge is -2.39. The highest BCUT2D eigenvalue weighted by atomic mass is 28.4. The highest BCUT2D eigenvalue weighted by molar-refractivity contribution is 6.74. The molecule has 0 amide bonds. The van der Waals surface area contributed by atoms with E-state index >= 15 is 0 Å². The van der Waals surface area contributed by atoms with E-state index in [1.54, 1.807) is 0 Å². The van der Waals surface area contributed by atoms with Gasteiger partial charge in [0.05, 0.1) is 12.2 Å². The van der Waals surface area contributed by atoms with Gasteiger partial charge in [0.1, 0.15) is 11.6 Å². The Kier molecular flexibility index (Phi) is 16.3. The van der Waals surface area contributed by atoms with E-state index in [0.717, 1.165) is 25.7 Å². The third kappa shape index (κ3) is 12.9. The van der Waals surface area contributed by atoms with Crippen molar-refractivity contribution in [1.82, 2.24) is 0 Å². The normalized spacial score (nSPS) is 25.3. The highest BCUT2D eigenvalue weighted by Gasteiger charge is 2.47. The molecule has 0 unspecified atom stereocenters. The van der Waals surface area contributed by atoms with Gasteiger partial charge in [-0.3, -0.25) is 9.59 Å². The Hall–Kier alpha value is -2.65. The fraction of sp³-hybridized carbons (Fsp3) is 0.600. The van der Waals surface area contributed by atoms with E-state index in [1.165, 1.54) is 11.1 Å². The molecule has 2 aliphatic carbocycles. The van der Waals surface area contributed by atoms with Crippen molar-refractivity contribution >= 4 is 28.2 Å². The molecule has 0 aromatic heterocycles. The Morgan fingerprint density at radius 1 is 0.679 bits per heavy atom. The molecule has 0 spiro atoms. The second-order valence-corrected chi connectivity index (χ2v) is 29.8. The Bertz CT molecular complexity index is 1630. The molecule has 2 aromatic carbocycles. The molecule has 308 valence electrons. The van der Waals surface area contributed by atoms with Crippen molar-refractivity contribution in [1.29, 1.82) is 0 Å². The summed E-state index contributed by atoms with van der Waals surface area (Å²) in [4.78, 5) is 27.2. The summed E-state index contributed by atoms with van der Waals surface area (Å²) in [5, 5.41) is 0.183. The first-order valence-corrected chi connectivity index (χ1v) is 27.5. The Labute approximate surface area is 344 Å². The number of rotatable bonds is 18. The van der Waals surface area contributed by atoms with Gasteiger partial charge in [0, 0.05) is 30.6 Å². The Balaban J connectivity index is 1.47. The lowest BCUT2D eigenvalue weighted by molar-refractivity contribution is -0.121. The van der Waals surface area contributed by atoms with Crippen LogP contribution in [-0.4, -0.2) is 40.4 Å². The fourth-order valence-corrected chi connectivity index (χ4v) is 10.6. The van der Waals surface area contributed by atoms with Gasteiger partial charge in [-0.25, -0.2) is 0 Å². The Morgan fingerprint density at radius 2 is 1.16 bits per heavy atom. The minimum atomic E-state index is -2.08.